The summed E-state index contributed by atoms with van der Waals surface area (Å²) in [5.74, 6) is -0.0864. The molecule has 2 rings (SSSR count). The highest BCUT2D eigenvalue weighted by atomic mass is 16.2. The van der Waals surface area contributed by atoms with E-state index in [0.29, 0.717) is 25.9 Å². The molecule has 0 bridgehead atoms. The minimum atomic E-state index is -0.764. The third-order valence-corrected chi connectivity index (χ3v) is 4.26. The molecule has 126 valence electrons. The third kappa shape index (κ3) is 4.61. The fraction of sp³-hybridized carbons (Fsp3) is 0.529. The molecule has 1 aliphatic rings. The predicted molar refractivity (Wildman–Crippen MR) is 91.0 cm³/mol. The van der Waals surface area contributed by atoms with E-state index in [1.807, 2.05) is 31.2 Å². The van der Waals surface area contributed by atoms with Crippen LogP contribution in [0.25, 0.3) is 0 Å². The van der Waals surface area contributed by atoms with Gasteiger partial charge in [0.25, 0.3) is 0 Å². The van der Waals surface area contributed by atoms with Crippen LogP contribution < -0.4 is 21.7 Å². The Hall–Kier alpha value is -2.24. The monoisotopic (exact) mass is 318 g/mol. The second-order valence-electron chi connectivity index (χ2n) is 6.02. The Morgan fingerprint density at radius 1 is 1.13 bits per heavy atom. The maximum absolute atomic E-state index is 12.6. The standard InChI is InChI=1S/C17H26N4O2/c1-2-19-16(23)21-17(10-3-4-11-17)15(22)20-12-9-13-5-7-14(18)8-6-13/h5-8H,2-4,9-12,18H2,1H3,(H,20,22)(H2,19,21,23). The molecule has 1 saturated carbocycles. The van der Waals surface area contributed by atoms with Gasteiger partial charge in [0, 0.05) is 18.8 Å². The van der Waals surface area contributed by atoms with Crippen molar-refractivity contribution < 1.29 is 9.59 Å². The number of nitrogens with two attached hydrogens (primary N) is 1. The normalized spacial score (nSPS) is 15.9. The van der Waals surface area contributed by atoms with Crippen LogP contribution in [0.3, 0.4) is 0 Å². The van der Waals surface area contributed by atoms with Gasteiger partial charge in [-0.3, -0.25) is 4.79 Å². The van der Waals surface area contributed by atoms with Crippen LogP contribution in [-0.4, -0.2) is 30.6 Å². The summed E-state index contributed by atoms with van der Waals surface area (Å²) >= 11 is 0. The van der Waals surface area contributed by atoms with E-state index in [-0.39, 0.29) is 11.9 Å². The van der Waals surface area contributed by atoms with Gasteiger partial charge in [-0.25, -0.2) is 4.79 Å². The number of hydrogen-bond donors (Lipinski definition) is 4. The Morgan fingerprint density at radius 3 is 2.39 bits per heavy atom. The molecule has 1 aromatic rings. The van der Waals surface area contributed by atoms with Crippen LogP contribution in [0.2, 0.25) is 0 Å². The van der Waals surface area contributed by atoms with E-state index in [1.54, 1.807) is 0 Å². The summed E-state index contributed by atoms with van der Waals surface area (Å²) in [6.07, 6.45) is 4.04. The van der Waals surface area contributed by atoms with Crippen molar-refractivity contribution in [1.29, 1.82) is 0 Å². The minimum absolute atomic E-state index is 0.0864. The predicted octanol–water partition coefficient (Wildman–Crippen LogP) is 1.56. The van der Waals surface area contributed by atoms with Crippen LogP contribution in [0.4, 0.5) is 10.5 Å². The van der Waals surface area contributed by atoms with E-state index in [9.17, 15) is 9.59 Å². The molecule has 1 aromatic carbocycles. The largest absolute Gasteiger partial charge is 0.399 e. The average Bonchev–Trinajstić information content (AvgIpc) is 2.99. The van der Waals surface area contributed by atoms with Crippen molar-refractivity contribution >= 4 is 17.6 Å². The zero-order valence-corrected chi connectivity index (χ0v) is 13.7. The van der Waals surface area contributed by atoms with Crippen molar-refractivity contribution in [2.45, 2.75) is 44.6 Å². The molecule has 3 amide bonds. The smallest absolute Gasteiger partial charge is 0.315 e. The van der Waals surface area contributed by atoms with Crippen molar-refractivity contribution in [3.8, 4) is 0 Å². The summed E-state index contributed by atoms with van der Waals surface area (Å²) in [5.41, 5.74) is 6.75. The molecule has 0 saturated heterocycles. The number of nitrogen functional groups attached to an aromatic ring is 1. The van der Waals surface area contributed by atoms with E-state index < -0.39 is 5.54 Å². The number of rotatable bonds is 6. The van der Waals surface area contributed by atoms with E-state index in [0.717, 1.165) is 30.5 Å². The first-order valence-corrected chi connectivity index (χ1v) is 8.24. The van der Waals surface area contributed by atoms with Crippen LogP contribution in [0.5, 0.6) is 0 Å². The third-order valence-electron chi connectivity index (χ3n) is 4.26. The molecular weight excluding hydrogens is 292 g/mol. The highest BCUT2D eigenvalue weighted by Gasteiger charge is 2.42. The lowest BCUT2D eigenvalue weighted by molar-refractivity contribution is -0.127. The van der Waals surface area contributed by atoms with Crippen molar-refractivity contribution in [1.82, 2.24) is 16.0 Å². The van der Waals surface area contributed by atoms with Crippen molar-refractivity contribution in [3.05, 3.63) is 29.8 Å². The van der Waals surface area contributed by atoms with Crippen molar-refractivity contribution in [2.75, 3.05) is 18.8 Å². The fourth-order valence-electron chi connectivity index (χ4n) is 2.98. The summed E-state index contributed by atoms with van der Waals surface area (Å²) in [6, 6.07) is 7.35. The van der Waals surface area contributed by atoms with E-state index in [1.165, 1.54) is 0 Å². The number of urea groups is 1. The number of benzene rings is 1. The average molecular weight is 318 g/mol. The van der Waals surface area contributed by atoms with Crippen LogP contribution in [-0.2, 0) is 11.2 Å². The SMILES string of the molecule is CCNC(=O)NC1(C(=O)NCCc2ccc(N)cc2)CCCC1. The first kappa shape index (κ1) is 17.1. The molecule has 1 aliphatic carbocycles. The molecule has 6 heteroatoms. The fourth-order valence-corrected chi connectivity index (χ4v) is 2.98. The first-order chi connectivity index (χ1) is 11.1. The molecular formula is C17H26N4O2. The van der Waals surface area contributed by atoms with Crippen LogP contribution in [0.1, 0.15) is 38.2 Å². The Balaban J connectivity index is 1.88. The molecule has 0 aromatic heterocycles. The molecule has 0 radical (unpaired) electrons. The molecule has 0 aliphatic heterocycles. The lowest BCUT2D eigenvalue weighted by atomic mass is 9.96. The number of anilines is 1. The Morgan fingerprint density at radius 2 is 1.78 bits per heavy atom. The first-order valence-electron chi connectivity index (χ1n) is 8.24. The summed E-state index contributed by atoms with van der Waals surface area (Å²) in [7, 11) is 0. The zero-order valence-electron chi connectivity index (χ0n) is 13.7. The number of carbonyl (C=O) groups is 2. The molecule has 0 spiro atoms. The molecule has 6 nitrogen and oxygen atoms in total. The van der Waals surface area contributed by atoms with Crippen molar-refractivity contribution in [3.63, 3.8) is 0 Å². The highest BCUT2D eigenvalue weighted by molar-refractivity contribution is 5.91. The van der Waals surface area contributed by atoms with Gasteiger partial charge >= 0.3 is 6.03 Å². The van der Waals surface area contributed by atoms with Gasteiger partial charge in [0.2, 0.25) is 5.91 Å². The lowest BCUT2D eigenvalue weighted by Gasteiger charge is -2.29. The molecule has 5 N–H and O–H groups in total. The van der Waals surface area contributed by atoms with Crippen LogP contribution >= 0.6 is 0 Å². The van der Waals surface area contributed by atoms with Gasteiger partial charge in [0.05, 0.1) is 0 Å². The van der Waals surface area contributed by atoms with Gasteiger partial charge in [-0.1, -0.05) is 25.0 Å². The van der Waals surface area contributed by atoms with Crippen molar-refractivity contribution in [2.24, 2.45) is 0 Å². The molecule has 0 unspecified atom stereocenters. The Bertz CT molecular complexity index is 536. The van der Waals surface area contributed by atoms with Gasteiger partial charge in [0.1, 0.15) is 5.54 Å². The summed E-state index contributed by atoms with van der Waals surface area (Å²) in [5, 5.41) is 8.53. The van der Waals surface area contributed by atoms with E-state index >= 15 is 0 Å². The summed E-state index contributed by atoms with van der Waals surface area (Å²) in [6.45, 7) is 2.94. The van der Waals surface area contributed by atoms with Gasteiger partial charge < -0.3 is 21.7 Å². The maximum atomic E-state index is 12.6. The summed E-state index contributed by atoms with van der Waals surface area (Å²) in [4.78, 5) is 24.4. The van der Waals surface area contributed by atoms with Gasteiger partial charge in [-0.2, -0.15) is 0 Å². The molecule has 23 heavy (non-hydrogen) atoms. The van der Waals surface area contributed by atoms with Gasteiger partial charge in [-0.05, 0) is 43.9 Å². The van der Waals surface area contributed by atoms with E-state index in [2.05, 4.69) is 16.0 Å². The molecule has 0 heterocycles. The second kappa shape index (κ2) is 7.85. The Labute approximate surface area is 137 Å². The van der Waals surface area contributed by atoms with Gasteiger partial charge in [-0.15, -0.1) is 0 Å². The number of carbonyl (C=O) groups excluding carboxylic acids is 2. The number of amides is 3. The van der Waals surface area contributed by atoms with Crippen LogP contribution in [0, 0.1) is 0 Å². The number of hydrogen-bond acceptors (Lipinski definition) is 3. The zero-order chi connectivity index (χ0) is 16.7. The molecule has 1 fully saturated rings. The molecule has 0 atom stereocenters. The minimum Gasteiger partial charge on any atom is -0.399 e. The van der Waals surface area contributed by atoms with Gasteiger partial charge in [0.15, 0.2) is 0 Å². The maximum Gasteiger partial charge on any atom is 0.315 e. The number of nitrogens with one attached hydrogen (secondary N) is 3. The second-order valence-corrected chi connectivity index (χ2v) is 6.02. The topological polar surface area (TPSA) is 96.2 Å². The quantitative estimate of drug-likeness (QED) is 0.599. The van der Waals surface area contributed by atoms with E-state index in [4.69, 9.17) is 5.73 Å². The summed E-state index contributed by atoms with van der Waals surface area (Å²) < 4.78 is 0. The lowest BCUT2D eigenvalue weighted by Crippen LogP contribution is -2.59. The Kier molecular flexibility index (Phi) is 5.84. The highest BCUT2D eigenvalue weighted by Crippen LogP contribution is 2.29. The van der Waals surface area contributed by atoms with Crippen LogP contribution in [0.15, 0.2) is 24.3 Å².